The van der Waals surface area contributed by atoms with Gasteiger partial charge in [0.2, 0.25) is 5.95 Å². The number of nitrogens with one attached hydrogen (secondary N) is 2. The van der Waals surface area contributed by atoms with Gasteiger partial charge in [0.25, 0.3) is 0 Å². The highest BCUT2D eigenvalue weighted by molar-refractivity contribution is 5.74. The average molecular weight is 384 g/mol. The number of hydrogen-bond acceptors (Lipinski definition) is 5. The summed E-state index contributed by atoms with van der Waals surface area (Å²) < 4.78 is 0. The second kappa shape index (κ2) is 9.05. The van der Waals surface area contributed by atoms with Crippen LogP contribution < -0.4 is 10.2 Å². The van der Waals surface area contributed by atoms with Crippen LogP contribution in [-0.2, 0) is 0 Å². The van der Waals surface area contributed by atoms with E-state index in [9.17, 15) is 4.79 Å². The van der Waals surface area contributed by atoms with Gasteiger partial charge in [-0.15, -0.1) is 0 Å². The first-order valence-corrected chi connectivity index (χ1v) is 10.2. The molecule has 2 aliphatic rings. The number of amides is 2. The Morgan fingerprint density at radius 2 is 1.79 bits per heavy atom. The van der Waals surface area contributed by atoms with Crippen molar-refractivity contribution in [3.8, 4) is 0 Å². The van der Waals surface area contributed by atoms with Gasteiger partial charge in [-0.05, 0) is 31.5 Å². The third kappa shape index (κ3) is 4.44. The summed E-state index contributed by atoms with van der Waals surface area (Å²) in [6.07, 6.45) is 5.29. The van der Waals surface area contributed by atoms with Gasteiger partial charge < -0.3 is 15.1 Å². The van der Waals surface area contributed by atoms with Gasteiger partial charge >= 0.3 is 6.03 Å². The van der Waals surface area contributed by atoms with E-state index in [2.05, 4.69) is 54.6 Å². The molecule has 2 N–H and O–H groups in total. The van der Waals surface area contributed by atoms with Gasteiger partial charge in [0.15, 0.2) is 0 Å². The number of rotatable bonds is 5. The van der Waals surface area contributed by atoms with Gasteiger partial charge in [-0.3, -0.25) is 4.90 Å². The maximum Gasteiger partial charge on any atom is 0.317 e. The Bertz CT molecular complexity index is 722. The number of hydrogen-bond donors (Lipinski definition) is 2. The molecule has 2 aromatic rings. The van der Waals surface area contributed by atoms with Crippen molar-refractivity contribution >= 4 is 12.0 Å². The molecule has 2 saturated heterocycles. The van der Waals surface area contributed by atoms with Crippen molar-refractivity contribution in [2.24, 2.45) is 0 Å². The minimum atomic E-state index is 0.0233. The van der Waals surface area contributed by atoms with Crippen LogP contribution in [0.3, 0.4) is 0 Å². The van der Waals surface area contributed by atoms with Crippen molar-refractivity contribution in [2.45, 2.75) is 25.3 Å². The monoisotopic (exact) mass is 383 g/mol. The second-order valence-electron chi connectivity index (χ2n) is 7.49. The van der Waals surface area contributed by atoms with Gasteiger partial charge in [-0.1, -0.05) is 36.8 Å². The third-order valence-electron chi connectivity index (χ3n) is 5.73. The first kappa shape index (κ1) is 18.7. The highest BCUT2D eigenvalue weighted by atomic mass is 16.2. The Morgan fingerprint density at radius 3 is 2.46 bits per heavy atom. The summed E-state index contributed by atoms with van der Waals surface area (Å²) in [5, 5.41) is 9.97. The van der Waals surface area contributed by atoms with Crippen LogP contribution in [-0.4, -0.2) is 76.8 Å². The summed E-state index contributed by atoms with van der Waals surface area (Å²) in [5.74, 6) is 0.772. The maximum atomic E-state index is 12.8. The molecule has 0 saturated carbocycles. The molecule has 4 rings (SSSR count). The Morgan fingerprint density at radius 1 is 1.04 bits per heavy atom. The zero-order valence-electron chi connectivity index (χ0n) is 16.3. The van der Waals surface area contributed by atoms with Crippen molar-refractivity contribution in [3.05, 3.63) is 42.2 Å². The van der Waals surface area contributed by atoms with Crippen molar-refractivity contribution in [3.63, 3.8) is 0 Å². The number of urea groups is 1. The van der Waals surface area contributed by atoms with Gasteiger partial charge in [0.1, 0.15) is 6.33 Å². The Balaban J connectivity index is 1.32. The molecule has 8 heteroatoms. The fourth-order valence-electron chi connectivity index (χ4n) is 4.13. The number of nitrogens with zero attached hydrogens (tertiary/aromatic N) is 5. The molecule has 1 aromatic heterocycles. The molecule has 2 aliphatic heterocycles. The van der Waals surface area contributed by atoms with Crippen molar-refractivity contribution < 1.29 is 4.79 Å². The van der Waals surface area contributed by atoms with Crippen molar-refractivity contribution in [2.75, 3.05) is 50.7 Å². The maximum absolute atomic E-state index is 12.8. The minimum absolute atomic E-state index is 0.0233. The Labute approximate surface area is 165 Å². The van der Waals surface area contributed by atoms with Crippen LogP contribution in [0.15, 0.2) is 36.7 Å². The van der Waals surface area contributed by atoms with Crippen molar-refractivity contribution in [1.29, 1.82) is 0 Å². The molecule has 2 fully saturated rings. The second-order valence-corrected chi connectivity index (χ2v) is 7.49. The number of aromatic amines is 1. The number of anilines is 1. The fraction of sp³-hybridized carbons (Fsp3) is 0.550. The number of piperidine rings is 1. The first-order chi connectivity index (χ1) is 13.8. The SMILES string of the molecule is O=C(NC[C@H](c1ccccc1)N1CCCCC1)N1CCN(c2ncn[nH]2)CC1. The molecule has 0 bridgehead atoms. The minimum Gasteiger partial charge on any atom is -0.338 e. The number of aromatic nitrogens is 3. The molecule has 0 unspecified atom stereocenters. The van der Waals surface area contributed by atoms with E-state index in [0.29, 0.717) is 19.6 Å². The highest BCUT2D eigenvalue weighted by Crippen LogP contribution is 2.24. The topological polar surface area (TPSA) is 80.4 Å². The molecule has 2 amide bonds. The molecule has 0 aliphatic carbocycles. The predicted octanol–water partition coefficient (Wildman–Crippen LogP) is 1.86. The fourth-order valence-corrected chi connectivity index (χ4v) is 4.13. The van der Waals surface area contributed by atoms with Crippen LogP contribution in [0.25, 0.3) is 0 Å². The lowest BCUT2D eigenvalue weighted by Crippen LogP contribution is -2.53. The van der Waals surface area contributed by atoms with E-state index in [-0.39, 0.29) is 12.1 Å². The number of benzene rings is 1. The highest BCUT2D eigenvalue weighted by Gasteiger charge is 2.26. The lowest BCUT2D eigenvalue weighted by Gasteiger charge is -2.37. The molecule has 0 radical (unpaired) electrons. The molecular weight excluding hydrogens is 354 g/mol. The lowest BCUT2D eigenvalue weighted by molar-refractivity contribution is 0.153. The smallest absolute Gasteiger partial charge is 0.317 e. The summed E-state index contributed by atoms with van der Waals surface area (Å²) in [4.78, 5) is 23.5. The van der Waals surface area contributed by atoms with E-state index in [1.807, 2.05) is 11.0 Å². The lowest BCUT2D eigenvalue weighted by atomic mass is 10.0. The first-order valence-electron chi connectivity index (χ1n) is 10.2. The zero-order valence-corrected chi connectivity index (χ0v) is 16.3. The quantitative estimate of drug-likeness (QED) is 0.824. The zero-order chi connectivity index (χ0) is 19.2. The summed E-state index contributed by atoms with van der Waals surface area (Å²) in [6, 6.07) is 10.8. The largest absolute Gasteiger partial charge is 0.338 e. The summed E-state index contributed by atoms with van der Waals surface area (Å²) in [6.45, 7) is 5.74. The molecule has 1 aromatic carbocycles. The van der Waals surface area contributed by atoms with Gasteiger partial charge in [0, 0.05) is 32.7 Å². The van der Waals surface area contributed by atoms with E-state index in [1.54, 1.807) is 0 Å². The van der Waals surface area contributed by atoms with E-state index < -0.39 is 0 Å². The van der Waals surface area contributed by atoms with Crippen molar-refractivity contribution in [1.82, 2.24) is 30.3 Å². The summed E-state index contributed by atoms with van der Waals surface area (Å²) in [7, 11) is 0. The van der Waals surface area contributed by atoms with E-state index in [1.165, 1.54) is 31.2 Å². The molecule has 8 nitrogen and oxygen atoms in total. The number of carbonyl (C=O) groups excluding carboxylic acids is 1. The van der Waals surface area contributed by atoms with Crippen LogP contribution in [0.5, 0.6) is 0 Å². The predicted molar refractivity (Wildman–Crippen MR) is 108 cm³/mol. The van der Waals surface area contributed by atoms with Gasteiger partial charge in [-0.2, -0.15) is 10.1 Å². The molecule has 28 heavy (non-hydrogen) atoms. The van der Waals surface area contributed by atoms with E-state index >= 15 is 0 Å². The van der Waals surface area contributed by atoms with Crippen LogP contribution >= 0.6 is 0 Å². The molecular formula is C20H29N7O. The number of piperazine rings is 1. The number of carbonyl (C=O) groups is 1. The van der Waals surface area contributed by atoms with E-state index in [4.69, 9.17) is 0 Å². The van der Waals surface area contributed by atoms with Crippen LogP contribution in [0, 0.1) is 0 Å². The average Bonchev–Trinajstić information content (AvgIpc) is 3.30. The molecule has 0 spiro atoms. The number of H-pyrrole nitrogens is 1. The van der Waals surface area contributed by atoms with Crippen LogP contribution in [0.1, 0.15) is 30.9 Å². The standard InChI is InChI=1S/C20H29N7O/c28-20(27-13-11-26(12-14-27)19-22-16-23-24-19)21-15-18(17-7-3-1-4-8-17)25-9-5-2-6-10-25/h1,3-4,7-8,16,18H,2,5-6,9-15H2,(H,21,28)(H,22,23,24)/t18-/m1/s1. The van der Waals surface area contributed by atoms with Crippen LogP contribution in [0.4, 0.5) is 10.7 Å². The van der Waals surface area contributed by atoms with Gasteiger partial charge in [0.05, 0.1) is 6.04 Å². The normalized spacial score (nSPS) is 19.4. The molecule has 150 valence electrons. The van der Waals surface area contributed by atoms with Crippen LogP contribution in [0.2, 0.25) is 0 Å². The molecule has 3 heterocycles. The van der Waals surface area contributed by atoms with Gasteiger partial charge in [-0.25, -0.2) is 9.89 Å². The summed E-state index contributed by atoms with van der Waals surface area (Å²) >= 11 is 0. The number of likely N-dealkylation sites (tertiary alicyclic amines) is 1. The third-order valence-corrected chi connectivity index (χ3v) is 5.73. The molecule has 1 atom stereocenters. The summed E-state index contributed by atoms with van der Waals surface area (Å²) in [5.41, 5.74) is 1.28. The van der Waals surface area contributed by atoms with E-state index in [0.717, 1.165) is 32.1 Å². The Kier molecular flexibility index (Phi) is 6.06. The Hall–Kier alpha value is -2.61.